The number of likely N-dealkylation sites (tertiary alicyclic amines) is 1. The molecule has 1 saturated heterocycles. The molecule has 0 amide bonds. The lowest BCUT2D eigenvalue weighted by atomic mass is 9.96. The monoisotopic (exact) mass is 339 g/mol. The van der Waals surface area contributed by atoms with Crippen LogP contribution in [-0.4, -0.2) is 34.4 Å². The van der Waals surface area contributed by atoms with E-state index in [0.717, 1.165) is 11.1 Å². The summed E-state index contributed by atoms with van der Waals surface area (Å²) in [6, 6.07) is 7.33. The Hall–Kier alpha value is -1.89. The maximum atomic E-state index is 13.0. The third-order valence-electron chi connectivity index (χ3n) is 4.56. The number of rotatable bonds is 3. The molecule has 7 heteroatoms. The summed E-state index contributed by atoms with van der Waals surface area (Å²) in [5.41, 5.74) is 1.93. The Bertz CT molecular complexity index is 681. The quantitative estimate of drug-likeness (QED) is 0.832. The van der Waals surface area contributed by atoms with Crippen molar-refractivity contribution in [2.24, 2.45) is 5.92 Å². The van der Waals surface area contributed by atoms with Crippen LogP contribution in [0, 0.1) is 12.8 Å². The van der Waals surface area contributed by atoms with Gasteiger partial charge in [-0.05, 0) is 45.4 Å². The van der Waals surface area contributed by atoms with Gasteiger partial charge >= 0.3 is 6.18 Å². The van der Waals surface area contributed by atoms with Crippen molar-refractivity contribution in [1.82, 2.24) is 15.1 Å². The van der Waals surface area contributed by atoms with Crippen molar-refractivity contribution in [3.8, 4) is 11.5 Å². The van der Waals surface area contributed by atoms with Crippen LogP contribution >= 0.6 is 0 Å². The Balaban J connectivity index is 1.73. The minimum Gasteiger partial charge on any atom is -0.419 e. The molecule has 4 nitrogen and oxygen atoms in total. The minimum absolute atomic E-state index is 0.0209. The first kappa shape index (κ1) is 17.0. The molecule has 1 aliphatic rings. The number of hydrogen-bond acceptors (Lipinski definition) is 4. The molecule has 2 heterocycles. The summed E-state index contributed by atoms with van der Waals surface area (Å²) in [5, 5.41) is 8.07. The summed E-state index contributed by atoms with van der Waals surface area (Å²) in [6.07, 6.45) is -3.45. The van der Waals surface area contributed by atoms with Crippen LogP contribution in [0.1, 0.15) is 37.3 Å². The number of hydrogen-bond donors (Lipinski definition) is 0. The van der Waals surface area contributed by atoms with E-state index in [1.807, 2.05) is 38.1 Å². The number of alkyl halides is 3. The van der Waals surface area contributed by atoms with Crippen LogP contribution in [0.25, 0.3) is 11.5 Å². The molecule has 0 radical (unpaired) electrons. The largest absolute Gasteiger partial charge is 0.419 e. The van der Waals surface area contributed by atoms with E-state index in [1.165, 1.54) is 0 Å². The van der Waals surface area contributed by atoms with E-state index in [0.29, 0.717) is 24.7 Å². The second-order valence-electron chi connectivity index (χ2n) is 6.36. The topological polar surface area (TPSA) is 42.2 Å². The number of piperidine rings is 1. The van der Waals surface area contributed by atoms with Gasteiger partial charge in [0.25, 0.3) is 0 Å². The van der Waals surface area contributed by atoms with Gasteiger partial charge in [-0.2, -0.15) is 13.2 Å². The van der Waals surface area contributed by atoms with Gasteiger partial charge in [0.15, 0.2) is 0 Å². The lowest BCUT2D eigenvalue weighted by Gasteiger charge is -2.36. The molecular weight excluding hydrogens is 319 g/mol. The SMILES string of the molecule is Cc1ccc(-c2nnc(C(C)N3CCCC(C(F)(F)F)C3)o2)cc1. The second kappa shape index (κ2) is 6.55. The average Bonchev–Trinajstić information content (AvgIpc) is 3.04. The van der Waals surface area contributed by atoms with Crippen LogP contribution in [0.2, 0.25) is 0 Å². The molecule has 24 heavy (non-hydrogen) atoms. The molecule has 2 atom stereocenters. The highest BCUT2D eigenvalue weighted by molar-refractivity contribution is 5.52. The first-order valence-electron chi connectivity index (χ1n) is 8.06. The van der Waals surface area contributed by atoms with Gasteiger partial charge in [-0.3, -0.25) is 4.90 Å². The number of nitrogens with zero attached hydrogens (tertiary/aromatic N) is 3. The Morgan fingerprint density at radius 2 is 1.92 bits per heavy atom. The van der Waals surface area contributed by atoms with Gasteiger partial charge in [-0.25, -0.2) is 0 Å². The van der Waals surface area contributed by atoms with Crippen molar-refractivity contribution in [3.63, 3.8) is 0 Å². The standard InChI is InChI=1S/C17H20F3N3O/c1-11-5-7-13(8-6-11)16-22-21-15(24-16)12(2)23-9-3-4-14(10-23)17(18,19)20/h5-8,12,14H,3-4,9-10H2,1-2H3. The molecule has 3 rings (SSSR count). The van der Waals surface area contributed by atoms with E-state index in [-0.39, 0.29) is 19.0 Å². The first-order chi connectivity index (χ1) is 11.3. The summed E-state index contributed by atoms with van der Waals surface area (Å²) in [6.45, 7) is 4.38. The van der Waals surface area contributed by atoms with Crippen molar-refractivity contribution >= 4 is 0 Å². The average molecular weight is 339 g/mol. The molecule has 0 spiro atoms. The summed E-state index contributed by atoms with van der Waals surface area (Å²) < 4.78 is 44.6. The second-order valence-corrected chi connectivity index (χ2v) is 6.36. The molecule has 2 unspecified atom stereocenters. The third-order valence-corrected chi connectivity index (χ3v) is 4.56. The van der Waals surface area contributed by atoms with Crippen molar-refractivity contribution < 1.29 is 17.6 Å². The predicted octanol–water partition coefficient (Wildman–Crippen LogP) is 4.38. The minimum atomic E-state index is -4.15. The molecule has 0 N–H and O–H groups in total. The van der Waals surface area contributed by atoms with Crippen LogP contribution in [-0.2, 0) is 0 Å². The van der Waals surface area contributed by atoms with Crippen LogP contribution in [0.5, 0.6) is 0 Å². The number of aryl methyl sites for hydroxylation is 1. The van der Waals surface area contributed by atoms with Crippen LogP contribution in [0.3, 0.4) is 0 Å². The highest BCUT2D eigenvalue weighted by atomic mass is 19.4. The summed E-state index contributed by atoms with van der Waals surface area (Å²) in [4.78, 5) is 1.77. The summed E-state index contributed by atoms with van der Waals surface area (Å²) >= 11 is 0. The van der Waals surface area contributed by atoms with Gasteiger partial charge in [-0.1, -0.05) is 17.7 Å². The lowest BCUT2D eigenvalue weighted by Crippen LogP contribution is -2.42. The fraction of sp³-hybridized carbons (Fsp3) is 0.529. The van der Waals surface area contributed by atoms with E-state index in [4.69, 9.17) is 4.42 Å². The number of halogens is 3. The maximum absolute atomic E-state index is 13.0. The van der Waals surface area contributed by atoms with E-state index in [2.05, 4.69) is 10.2 Å². The van der Waals surface area contributed by atoms with Crippen LogP contribution in [0.4, 0.5) is 13.2 Å². The number of benzene rings is 1. The van der Waals surface area contributed by atoms with Gasteiger partial charge < -0.3 is 4.42 Å². The number of aromatic nitrogens is 2. The maximum Gasteiger partial charge on any atom is 0.393 e. The Morgan fingerprint density at radius 3 is 2.58 bits per heavy atom. The van der Waals surface area contributed by atoms with Crippen molar-refractivity contribution in [3.05, 3.63) is 35.7 Å². The third kappa shape index (κ3) is 3.61. The highest BCUT2D eigenvalue weighted by Crippen LogP contribution is 2.36. The Kier molecular flexibility index (Phi) is 4.62. The van der Waals surface area contributed by atoms with Gasteiger partial charge in [0.05, 0.1) is 12.0 Å². The molecule has 1 aliphatic heterocycles. The van der Waals surface area contributed by atoms with Crippen LogP contribution < -0.4 is 0 Å². The molecule has 0 saturated carbocycles. The zero-order chi connectivity index (χ0) is 17.3. The molecule has 0 aliphatic carbocycles. The molecular formula is C17H20F3N3O. The molecule has 2 aromatic rings. The zero-order valence-corrected chi connectivity index (χ0v) is 13.7. The van der Waals surface area contributed by atoms with Gasteiger partial charge in [-0.15, -0.1) is 10.2 Å². The first-order valence-corrected chi connectivity index (χ1v) is 8.06. The zero-order valence-electron chi connectivity index (χ0n) is 13.7. The van der Waals surface area contributed by atoms with Crippen molar-refractivity contribution in [1.29, 1.82) is 0 Å². The smallest absolute Gasteiger partial charge is 0.393 e. The predicted molar refractivity (Wildman–Crippen MR) is 83.2 cm³/mol. The van der Waals surface area contributed by atoms with E-state index in [9.17, 15) is 13.2 Å². The molecule has 1 aromatic heterocycles. The van der Waals surface area contributed by atoms with Gasteiger partial charge in [0, 0.05) is 12.1 Å². The molecule has 1 fully saturated rings. The Labute approximate surface area is 138 Å². The van der Waals surface area contributed by atoms with Gasteiger partial charge in [0.1, 0.15) is 0 Å². The fourth-order valence-corrected chi connectivity index (χ4v) is 3.00. The van der Waals surface area contributed by atoms with E-state index >= 15 is 0 Å². The molecule has 1 aromatic carbocycles. The van der Waals surface area contributed by atoms with Crippen molar-refractivity contribution in [2.75, 3.05) is 13.1 Å². The summed E-state index contributed by atoms with van der Waals surface area (Å²) in [7, 11) is 0. The normalized spacial score (nSPS) is 21.0. The van der Waals surface area contributed by atoms with Gasteiger partial charge in [0.2, 0.25) is 11.8 Å². The van der Waals surface area contributed by atoms with E-state index in [1.54, 1.807) is 4.90 Å². The highest BCUT2D eigenvalue weighted by Gasteiger charge is 2.43. The van der Waals surface area contributed by atoms with E-state index < -0.39 is 12.1 Å². The lowest BCUT2D eigenvalue weighted by molar-refractivity contribution is -0.188. The Morgan fingerprint density at radius 1 is 1.21 bits per heavy atom. The van der Waals surface area contributed by atoms with Crippen molar-refractivity contribution in [2.45, 2.75) is 38.9 Å². The molecule has 130 valence electrons. The fourth-order valence-electron chi connectivity index (χ4n) is 3.00. The van der Waals surface area contributed by atoms with Crippen LogP contribution in [0.15, 0.2) is 28.7 Å². The summed E-state index contributed by atoms with van der Waals surface area (Å²) in [5.74, 6) is -0.539. The molecule has 0 bridgehead atoms.